The smallest absolute Gasteiger partial charge is 0.203 e. The first kappa shape index (κ1) is 20.3. The fourth-order valence-corrected chi connectivity index (χ4v) is 3.55. The Hall–Kier alpha value is -2.40. The Morgan fingerprint density at radius 3 is 2.57 bits per heavy atom. The molecule has 0 bridgehead atoms. The van der Waals surface area contributed by atoms with E-state index in [0.717, 1.165) is 65.3 Å². The van der Waals surface area contributed by atoms with Crippen LogP contribution in [0.15, 0.2) is 34.7 Å². The Bertz CT molecular complexity index is 998. The molecule has 0 amide bonds. The van der Waals surface area contributed by atoms with Crippen molar-refractivity contribution in [1.29, 1.82) is 0 Å². The van der Waals surface area contributed by atoms with Crippen molar-refractivity contribution in [3.05, 3.63) is 41.3 Å². The Balaban J connectivity index is 2.02. The van der Waals surface area contributed by atoms with Crippen molar-refractivity contribution in [2.75, 3.05) is 52.6 Å². The molecular weight excluding hydrogens is 348 g/mol. The van der Waals surface area contributed by atoms with Crippen molar-refractivity contribution >= 4 is 16.8 Å². The van der Waals surface area contributed by atoms with Gasteiger partial charge in [0.25, 0.3) is 0 Å². The SMILES string of the molecule is CCNc1cc2oc3cc(=[N+](CC)CCC[N+](C)(C)C)ccc-3nc2cc1C. The predicted molar refractivity (Wildman–Crippen MR) is 118 cm³/mol. The largest absolute Gasteiger partial charge is 0.452 e. The highest BCUT2D eigenvalue weighted by molar-refractivity contribution is 5.81. The standard InChI is InChI=1S/C23H33N4O/c1-7-24-20-16-23-21(14-17(20)3)25-19-11-10-18(15-22(19)28-23)26(8-2)12-9-13-27(4,5)6/h10-11,14-16H,7-9,12-13H2,1-6H3/q+1/p+1. The second-order valence-corrected chi connectivity index (χ2v) is 8.48. The molecule has 0 unspecified atom stereocenters. The quantitative estimate of drug-likeness (QED) is 0.386. The molecule has 1 aliphatic carbocycles. The minimum Gasteiger partial charge on any atom is -0.452 e. The number of aromatic nitrogens is 1. The maximum atomic E-state index is 6.25. The molecule has 28 heavy (non-hydrogen) atoms. The van der Waals surface area contributed by atoms with Crippen molar-refractivity contribution in [3.8, 4) is 11.5 Å². The van der Waals surface area contributed by atoms with Crippen LogP contribution >= 0.6 is 0 Å². The van der Waals surface area contributed by atoms with Gasteiger partial charge < -0.3 is 14.2 Å². The van der Waals surface area contributed by atoms with Gasteiger partial charge in [0.05, 0.1) is 40.2 Å². The lowest BCUT2D eigenvalue weighted by atomic mass is 10.1. The number of nitrogens with zero attached hydrogens (tertiary/aromatic N) is 3. The van der Waals surface area contributed by atoms with E-state index in [-0.39, 0.29) is 0 Å². The van der Waals surface area contributed by atoms with Crippen LogP contribution in [0.1, 0.15) is 25.8 Å². The maximum absolute atomic E-state index is 6.25. The molecule has 1 aromatic rings. The van der Waals surface area contributed by atoms with Gasteiger partial charge in [0.1, 0.15) is 24.3 Å². The van der Waals surface area contributed by atoms with E-state index in [4.69, 9.17) is 9.40 Å². The van der Waals surface area contributed by atoms with E-state index >= 15 is 0 Å². The second kappa shape index (κ2) is 8.31. The highest BCUT2D eigenvalue weighted by Gasteiger charge is 2.14. The zero-order valence-corrected chi connectivity index (χ0v) is 18.2. The molecule has 1 N–H and O–H groups in total. The van der Waals surface area contributed by atoms with E-state index in [1.807, 2.05) is 0 Å². The molecule has 5 nitrogen and oxygen atoms in total. The third kappa shape index (κ3) is 4.71. The molecule has 1 heterocycles. The summed E-state index contributed by atoms with van der Waals surface area (Å²) in [6, 6.07) is 10.5. The van der Waals surface area contributed by atoms with Crippen molar-refractivity contribution in [2.45, 2.75) is 27.2 Å². The minimum absolute atomic E-state index is 0.819. The summed E-state index contributed by atoms with van der Waals surface area (Å²) >= 11 is 0. The molecule has 2 aliphatic rings. The second-order valence-electron chi connectivity index (χ2n) is 8.48. The molecule has 0 aromatic heterocycles. The van der Waals surface area contributed by atoms with E-state index in [0.29, 0.717) is 0 Å². The molecular formula is C23H34N4O+2. The van der Waals surface area contributed by atoms with Crippen LogP contribution in [0.2, 0.25) is 0 Å². The first-order valence-electron chi connectivity index (χ1n) is 10.3. The van der Waals surface area contributed by atoms with E-state index in [1.165, 1.54) is 10.9 Å². The number of quaternary nitrogens is 1. The number of benzene rings is 2. The molecule has 0 fully saturated rings. The molecule has 0 saturated heterocycles. The number of anilines is 1. The van der Waals surface area contributed by atoms with Crippen LogP contribution in [-0.2, 0) is 0 Å². The van der Waals surface area contributed by atoms with Gasteiger partial charge in [0.2, 0.25) is 5.36 Å². The van der Waals surface area contributed by atoms with Crippen LogP contribution in [0.3, 0.4) is 0 Å². The number of hydrogen-bond donors (Lipinski definition) is 1. The zero-order valence-electron chi connectivity index (χ0n) is 18.2. The number of hydrogen-bond acceptors (Lipinski definition) is 3. The molecule has 150 valence electrons. The van der Waals surface area contributed by atoms with Gasteiger partial charge in [0.15, 0.2) is 11.3 Å². The van der Waals surface area contributed by atoms with Crippen LogP contribution in [-0.4, -0.2) is 56.8 Å². The van der Waals surface area contributed by atoms with Crippen LogP contribution in [0.4, 0.5) is 5.69 Å². The average Bonchev–Trinajstić information content (AvgIpc) is 2.63. The predicted octanol–water partition coefficient (Wildman–Crippen LogP) is 3.56. The van der Waals surface area contributed by atoms with Gasteiger partial charge in [0, 0.05) is 24.4 Å². The van der Waals surface area contributed by atoms with E-state index in [2.05, 4.69) is 82.1 Å². The van der Waals surface area contributed by atoms with Gasteiger partial charge in [-0.1, -0.05) is 0 Å². The summed E-state index contributed by atoms with van der Waals surface area (Å²) in [6.45, 7) is 10.5. The fourth-order valence-electron chi connectivity index (χ4n) is 3.55. The topological polar surface area (TPSA) is 41.1 Å². The van der Waals surface area contributed by atoms with Crippen molar-refractivity contribution < 1.29 is 8.90 Å². The molecule has 5 heteroatoms. The van der Waals surface area contributed by atoms with Crippen LogP contribution < -0.4 is 15.2 Å². The third-order valence-corrected chi connectivity index (χ3v) is 5.08. The highest BCUT2D eigenvalue weighted by atomic mass is 16.3. The van der Waals surface area contributed by atoms with Gasteiger partial charge in [-0.3, -0.25) is 0 Å². The van der Waals surface area contributed by atoms with Gasteiger partial charge in [-0.05, 0) is 38.5 Å². The lowest BCUT2D eigenvalue weighted by molar-refractivity contribution is -0.870. The molecule has 3 rings (SSSR count). The fraction of sp³-hybridized carbons (Fsp3) is 0.478. The molecule has 1 aromatic carbocycles. The number of fused-ring (bicyclic) bond motifs is 2. The Labute approximate surface area is 168 Å². The Kier molecular flexibility index (Phi) is 6.04. The van der Waals surface area contributed by atoms with Crippen LogP contribution in [0.25, 0.3) is 22.6 Å². The molecule has 0 radical (unpaired) electrons. The number of aryl methyl sites for hydroxylation is 1. The monoisotopic (exact) mass is 382 g/mol. The number of rotatable bonds is 7. The summed E-state index contributed by atoms with van der Waals surface area (Å²) in [5, 5.41) is 4.59. The summed E-state index contributed by atoms with van der Waals surface area (Å²) in [4.78, 5) is 4.82. The molecule has 0 spiro atoms. The first-order valence-corrected chi connectivity index (χ1v) is 10.3. The number of nitrogens with one attached hydrogen (secondary N) is 1. The van der Waals surface area contributed by atoms with Crippen molar-refractivity contribution in [1.82, 2.24) is 9.56 Å². The minimum atomic E-state index is 0.819. The van der Waals surface area contributed by atoms with Crippen LogP contribution in [0.5, 0.6) is 0 Å². The lowest BCUT2D eigenvalue weighted by Gasteiger charge is -2.23. The van der Waals surface area contributed by atoms with Gasteiger partial charge in [-0.15, -0.1) is 0 Å². The van der Waals surface area contributed by atoms with E-state index in [9.17, 15) is 0 Å². The highest BCUT2D eigenvalue weighted by Crippen LogP contribution is 2.27. The van der Waals surface area contributed by atoms with Crippen LogP contribution in [0, 0.1) is 6.92 Å². The Morgan fingerprint density at radius 2 is 1.89 bits per heavy atom. The lowest BCUT2D eigenvalue weighted by Crippen LogP contribution is -2.38. The molecule has 0 saturated carbocycles. The van der Waals surface area contributed by atoms with Gasteiger partial charge >= 0.3 is 0 Å². The van der Waals surface area contributed by atoms with Crippen molar-refractivity contribution in [3.63, 3.8) is 0 Å². The molecule has 1 aliphatic heterocycles. The zero-order chi connectivity index (χ0) is 20.3. The summed E-state index contributed by atoms with van der Waals surface area (Å²) < 4.78 is 9.65. The first-order chi connectivity index (χ1) is 13.3. The third-order valence-electron chi connectivity index (χ3n) is 5.08. The average molecular weight is 383 g/mol. The maximum Gasteiger partial charge on any atom is 0.203 e. The van der Waals surface area contributed by atoms with Gasteiger partial charge in [-0.2, -0.15) is 0 Å². The summed E-state index contributed by atoms with van der Waals surface area (Å²) in [5.41, 5.74) is 4.90. The summed E-state index contributed by atoms with van der Waals surface area (Å²) in [5.74, 6) is 0.835. The Morgan fingerprint density at radius 1 is 1.11 bits per heavy atom. The van der Waals surface area contributed by atoms with E-state index in [1.54, 1.807) is 0 Å². The normalized spacial score (nSPS) is 13.2. The van der Waals surface area contributed by atoms with Crippen molar-refractivity contribution in [2.24, 2.45) is 0 Å². The van der Waals surface area contributed by atoms with E-state index < -0.39 is 0 Å². The summed E-state index contributed by atoms with van der Waals surface area (Å²) in [7, 11) is 6.72. The molecule has 0 atom stereocenters. The summed E-state index contributed by atoms with van der Waals surface area (Å²) in [6.07, 6.45) is 1.16. The van der Waals surface area contributed by atoms with Gasteiger partial charge in [-0.25, -0.2) is 9.56 Å².